The second kappa shape index (κ2) is 7.65. The van der Waals surface area contributed by atoms with Crippen LogP contribution in [0.5, 0.6) is 0 Å². The molecule has 3 amide bonds. The number of rotatable bonds is 7. The number of nitrogens with two attached hydrogens (primary N) is 2. The Labute approximate surface area is 107 Å². The molecule has 2 atom stereocenters. The van der Waals surface area contributed by atoms with E-state index in [1.165, 1.54) is 6.92 Å². The Hall–Kier alpha value is -1.63. The molecular weight excluding hydrogens is 236 g/mol. The van der Waals surface area contributed by atoms with Crippen LogP contribution in [-0.4, -0.2) is 36.3 Å². The van der Waals surface area contributed by atoms with Crippen molar-refractivity contribution in [3.8, 4) is 0 Å². The average molecular weight is 258 g/mol. The second-order valence-corrected chi connectivity index (χ2v) is 4.65. The number of primary amides is 1. The maximum Gasteiger partial charge on any atom is 0.240 e. The van der Waals surface area contributed by atoms with Crippen LogP contribution in [0, 0.1) is 5.92 Å². The quantitative estimate of drug-likeness (QED) is 0.441. The summed E-state index contributed by atoms with van der Waals surface area (Å²) in [5.74, 6) is -1.20. The number of nitrogens with one attached hydrogen (secondary N) is 2. The summed E-state index contributed by atoms with van der Waals surface area (Å²) in [5.41, 5.74) is 10.6. The van der Waals surface area contributed by atoms with Gasteiger partial charge in [0.2, 0.25) is 17.7 Å². The fourth-order valence-corrected chi connectivity index (χ4v) is 1.28. The average Bonchev–Trinajstić information content (AvgIpc) is 2.24. The normalized spacial score (nSPS) is 13.8. The SMILES string of the molecule is CC(C)CC(N)C(=O)NCC(=O)NC(C)C(N)=O. The Morgan fingerprint density at radius 2 is 1.72 bits per heavy atom. The van der Waals surface area contributed by atoms with Crippen LogP contribution in [0.25, 0.3) is 0 Å². The molecule has 7 nitrogen and oxygen atoms in total. The largest absolute Gasteiger partial charge is 0.368 e. The van der Waals surface area contributed by atoms with Crippen molar-refractivity contribution in [1.29, 1.82) is 0 Å². The van der Waals surface area contributed by atoms with Gasteiger partial charge in [0.05, 0.1) is 12.6 Å². The molecule has 6 N–H and O–H groups in total. The maximum absolute atomic E-state index is 11.5. The van der Waals surface area contributed by atoms with Gasteiger partial charge in [-0.15, -0.1) is 0 Å². The van der Waals surface area contributed by atoms with E-state index in [0.717, 1.165) is 0 Å². The molecule has 0 aliphatic rings. The molecule has 0 aromatic rings. The van der Waals surface area contributed by atoms with Gasteiger partial charge in [0.1, 0.15) is 6.04 Å². The lowest BCUT2D eigenvalue weighted by molar-refractivity contribution is -0.128. The van der Waals surface area contributed by atoms with E-state index in [1.807, 2.05) is 13.8 Å². The van der Waals surface area contributed by atoms with E-state index in [0.29, 0.717) is 12.3 Å². The third kappa shape index (κ3) is 6.85. The van der Waals surface area contributed by atoms with E-state index >= 15 is 0 Å². The van der Waals surface area contributed by atoms with E-state index in [2.05, 4.69) is 10.6 Å². The molecule has 0 spiro atoms. The Balaban J connectivity index is 3.98. The summed E-state index contributed by atoms with van der Waals surface area (Å²) in [6, 6.07) is -1.40. The van der Waals surface area contributed by atoms with Gasteiger partial charge in [0.15, 0.2) is 0 Å². The first-order valence-electron chi connectivity index (χ1n) is 5.86. The first kappa shape index (κ1) is 16.4. The molecule has 0 aliphatic heterocycles. The molecule has 0 fully saturated rings. The van der Waals surface area contributed by atoms with Crippen molar-refractivity contribution in [3.05, 3.63) is 0 Å². The van der Waals surface area contributed by atoms with Gasteiger partial charge >= 0.3 is 0 Å². The smallest absolute Gasteiger partial charge is 0.240 e. The molecule has 0 heterocycles. The summed E-state index contributed by atoms with van der Waals surface area (Å²) >= 11 is 0. The zero-order chi connectivity index (χ0) is 14.3. The molecule has 0 radical (unpaired) electrons. The van der Waals surface area contributed by atoms with Gasteiger partial charge in [0, 0.05) is 0 Å². The summed E-state index contributed by atoms with van der Waals surface area (Å²) in [4.78, 5) is 33.5. The van der Waals surface area contributed by atoms with E-state index in [1.54, 1.807) is 0 Å². The van der Waals surface area contributed by atoms with Gasteiger partial charge in [-0.05, 0) is 19.3 Å². The van der Waals surface area contributed by atoms with Crippen molar-refractivity contribution < 1.29 is 14.4 Å². The summed E-state index contributed by atoms with van der Waals surface area (Å²) in [6.07, 6.45) is 0.547. The summed E-state index contributed by atoms with van der Waals surface area (Å²) in [6.45, 7) is 5.15. The zero-order valence-electron chi connectivity index (χ0n) is 11.0. The predicted octanol–water partition coefficient (Wildman–Crippen LogP) is -1.53. The first-order valence-corrected chi connectivity index (χ1v) is 5.86. The molecule has 2 unspecified atom stereocenters. The van der Waals surface area contributed by atoms with Crippen LogP contribution in [-0.2, 0) is 14.4 Å². The molecule has 0 aliphatic carbocycles. The Morgan fingerprint density at radius 3 is 2.17 bits per heavy atom. The highest BCUT2D eigenvalue weighted by atomic mass is 16.2. The van der Waals surface area contributed by atoms with E-state index in [4.69, 9.17) is 11.5 Å². The van der Waals surface area contributed by atoms with E-state index in [9.17, 15) is 14.4 Å². The van der Waals surface area contributed by atoms with Crippen LogP contribution in [0.4, 0.5) is 0 Å². The molecule has 0 bridgehead atoms. The highest BCUT2D eigenvalue weighted by molar-refractivity contribution is 5.90. The number of amides is 3. The van der Waals surface area contributed by atoms with Crippen LogP contribution in [0.1, 0.15) is 27.2 Å². The Kier molecular flexibility index (Phi) is 6.96. The number of hydrogen-bond acceptors (Lipinski definition) is 4. The summed E-state index contributed by atoms with van der Waals surface area (Å²) in [5, 5.41) is 4.75. The van der Waals surface area contributed by atoms with Crippen molar-refractivity contribution in [2.24, 2.45) is 17.4 Å². The predicted molar refractivity (Wildman–Crippen MR) is 67.2 cm³/mol. The lowest BCUT2D eigenvalue weighted by Gasteiger charge is -2.15. The molecule has 104 valence electrons. The van der Waals surface area contributed by atoms with Gasteiger partial charge in [0.25, 0.3) is 0 Å². The molecule has 18 heavy (non-hydrogen) atoms. The minimum atomic E-state index is -0.765. The zero-order valence-corrected chi connectivity index (χ0v) is 11.0. The summed E-state index contributed by atoms with van der Waals surface area (Å²) < 4.78 is 0. The second-order valence-electron chi connectivity index (χ2n) is 4.65. The monoisotopic (exact) mass is 258 g/mol. The Morgan fingerprint density at radius 1 is 1.17 bits per heavy atom. The standard InChI is InChI=1S/C11H22N4O3/c1-6(2)4-8(12)11(18)14-5-9(16)15-7(3)10(13)17/h6-8H,4-5,12H2,1-3H3,(H2,13,17)(H,14,18)(H,15,16). The van der Waals surface area contributed by atoms with Crippen molar-refractivity contribution in [3.63, 3.8) is 0 Å². The summed E-state index contributed by atoms with van der Waals surface area (Å²) in [7, 11) is 0. The van der Waals surface area contributed by atoms with Crippen LogP contribution >= 0.6 is 0 Å². The van der Waals surface area contributed by atoms with Crippen LogP contribution in [0.2, 0.25) is 0 Å². The van der Waals surface area contributed by atoms with Crippen molar-refractivity contribution in [2.45, 2.75) is 39.3 Å². The molecule has 0 rings (SSSR count). The molecule has 0 aromatic heterocycles. The molecular formula is C11H22N4O3. The topological polar surface area (TPSA) is 127 Å². The number of carbonyl (C=O) groups is 3. The minimum absolute atomic E-state index is 0.220. The highest BCUT2D eigenvalue weighted by Gasteiger charge is 2.17. The van der Waals surface area contributed by atoms with Gasteiger partial charge in [-0.2, -0.15) is 0 Å². The van der Waals surface area contributed by atoms with Crippen molar-refractivity contribution in [1.82, 2.24) is 10.6 Å². The first-order chi connectivity index (χ1) is 8.23. The third-order valence-electron chi connectivity index (χ3n) is 2.29. The Bertz CT molecular complexity index is 317. The fourth-order valence-electron chi connectivity index (χ4n) is 1.28. The van der Waals surface area contributed by atoms with Gasteiger partial charge in [-0.25, -0.2) is 0 Å². The van der Waals surface area contributed by atoms with E-state index < -0.39 is 23.9 Å². The number of hydrogen-bond donors (Lipinski definition) is 4. The molecule has 0 saturated carbocycles. The molecule has 0 saturated heterocycles. The third-order valence-corrected chi connectivity index (χ3v) is 2.29. The van der Waals surface area contributed by atoms with Crippen LogP contribution in [0.15, 0.2) is 0 Å². The highest BCUT2D eigenvalue weighted by Crippen LogP contribution is 2.02. The van der Waals surface area contributed by atoms with Crippen molar-refractivity contribution in [2.75, 3.05) is 6.54 Å². The lowest BCUT2D eigenvalue weighted by Crippen LogP contribution is -2.49. The van der Waals surface area contributed by atoms with Crippen molar-refractivity contribution >= 4 is 17.7 Å². The fraction of sp³-hybridized carbons (Fsp3) is 0.727. The van der Waals surface area contributed by atoms with Crippen LogP contribution < -0.4 is 22.1 Å². The van der Waals surface area contributed by atoms with Gasteiger partial charge in [-0.1, -0.05) is 13.8 Å². The minimum Gasteiger partial charge on any atom is -0.368 e. The maximum atomic E-state index is 11.5. The van der Waals surface area contributed by atoms with E-state index in [-0.39, 0.29) is 12.5 Å². The number of carbonyl (C=O) groups excluding carboxylic acids is 3. The molecule has 7 heteroatoms. The molecule has 0 aromatic carbocycles. The lowest BCUT2D eigenvalue weighted by atomic mass is 10.0. The van der Waals surface area contributed by atoms with Gasteiger partial charge < -0.3 is 22.1 Å². The van der Waals surface area contributed by atoms with Gasteiger partial charge in [-0.3, -0.25) is 14.4 Å². The van der Waals surface area contributed by atoms with Crippen LogP contribution in [0.3, 0.4) is 0 Å².